The summed E-state index contributed by atoms with van der Waals surface area (Å²) in [5.74, 6) is 0.969. The third-order valence-electron chi connectivity index (χ3n) is 3.91. The third-order valence-corrected chi connectivity index (χ3v) is 5.58. The predicted molar refractivity (Wildman–Crippen MR) is 97.2 cm³/mol. The van der Waals surface area contributed by atoms with Gasteiger partial charge in [-0.15, -0.1) is 0 Å². The minimum Gasteiger partial charge on any atom is -0.486 e. The van der Waals surface area contributed by atoms with Gasteiger partial charge in [0, 0.05) is 12.1 Å². The lowest BCUT2D eigenvalue weighted by molar-refractivity contribution is 0.171. The zero-order chi connectivity index (χ0) is 17.4. The quantitative estimate of drug-likeness (QED) is 0.749. The van der Waals surface area contributed by atoms with Crippen LogP contribution in [0.2, 0.25) is 5.02 Å². The predicted octanol–water partition coefficient (Wildman–Crippen LogP) is 4.07. The molecule has 5 nitrogen and oxygen atoms in total. The first-order valence-corrected chi connectivity index (χ1v) is 9.50. The average molecular weight is 376 g/mol. The van der Waals surface area contributed by atoms with Crippen molar-refractivity contribution in [2.24, 2.45) is 0 Å². The number of halogens is 1. The number of anilines is 1. The molecule has 0 amide bonds. The fourth-order valence-electron chi connectivity index (χ4n) is 2.68. The molecule has 0 saturated carbocycles. The highest BCUT2D eigenvalue weighted by atomic mass is 35.5. The van der Waals surface area contributed by atoms with Gasteiger partial charge in [0.2, 0.25) is 0 Å². The van der Waals surface area contributed by atoms with E-state index in [4.69, 9.17) is 21.1 Å². The van der Waals surface area contributed by atoms with Crippen LogP contribution >= 0.6 is 11.6 Å². The molecule has 0 atom stereocenters. The van der Waals surface area contributed by atoms with E-state index in [9.17, 15) is 8.42 Å². The Morgan fingerprint density at radius 3 is 2.32 bits per heavy atom. The van der Waals surface area contributed by atoms with Gasteiger partial charge in [-0.05, 0) is 22.9 Å². The molecule has 3 aromatic rings. The number of hydrogen-bond donors (Lipinski definition) is 1. The highest BCUT2D eigenvalue weighted by Crippen LogP contribution is 2.38. The molecule has 1 aliphatic rings. The van der Waals surface area contributed by atoms with E-state index in [1.807, 2.05) is 24.3 Å². The molecule has 0 aromatic heterocycles. The molecule has 0 saturated heterocycles. The highest BCUT2D eigenvalue weighted by molar-refractivity contribution is 7.92. The monoisotopic (exact) mass is 375 g/mol. The maximum absolute atomic E-state index is 12.7. The molecule has 0 bridgehead atoms. The van der Waals surface area contributed by atoms with Crippen molar-refractivity contribution in [3.63, 3.8) is 0 Å². The van der Waals surface area contributed by atoms with Crippen LogP contribution in [-0.4, -0.2) is 21.6 Å². The Kier molecular flexibility index (Phi) is 3.94. The Morgan fingerprint density at radius 2 is 1.56 bits per heavy atom. The van der Waals surface area contributed by atoms with E-state index >= 15 is 0 Å². The molecule has 1 heterocycles. The third kappa shape index (κ3) is 3.10. The van der Waals surface area contributed by atoms with Gasteiger partial charge in [-0.3, -0.25) is 4.72 Å². The van der Waals surface area contributed by atoms with E-state index in [0.29, 0.717) is 24.7 Å². The van der Waals surface area contributed by atoms with E-state index in [1.165, 1.54) is 6.07 Å². The van der Waals surface area contributed by atoms with Gasteiger partial charge in [0.1, 0.15) is 13.2 Å². The second-order valence-corrected chi connectivity index (χ2v) is 7.68. The van der Waals surface area contributed by atoms with E-state index < -0.39 is 10.0 Å². The minimum atomic E-state index is -3.78. The molecule has 1 N–H and O–H groups in total. The molecule has 0 aliphatic carbocycles. The Balaban J connectivity index is 1.71. The van der Waals surface area contributed by atoms with Crippen LogP contribution in [0, 0.1) is 0 Å². The summed E-state index contributed by atoms with van der Waals surface area (Å²) >= 11 is 6.19. The van der Waals surface area contributed by atoms with Gasteiger partial charge in [-0.2, -0.15) is 0 Å². The van der Waals surface area contributed by atoms with Crippen LogP contribution in [0.1, 0.15) is 0 Å². The van der Waals surface area contributed by atoms with Gasteiger partial charge in [0.15, 0.2) is 11.5 Å². The SMILES string of the molecule is O=S(=O)(Nc1cc2c(cc1Cl)OCCO2)c1ccc2ccccc2c1. The summed E-state index contributed by atoms with van der Waals surface area (Å²) in [5.41, 5.74) is 0.249. The second kappa shape index (κ2) is 6.13. The van der Waals surface area contributed by atoms with Crippen LogP contribution in [0.5, 0.6) is 11.5 Å². The van der Waals surface area contributed by atoms with Crippen LogP contribution in [0.3, 0.4) is 0 Å². The van der Waals surface area contributed by atoms with E-state index in [-0.39, 0.29) is 15.6 Å². The second-order valence-electron chi connectivity index (χ2n) is 5.59. The van der Waals surface area contributed by atoms with Crippen LogP contribution in [0.15, 0.2) is 59.5 Å². The Morgan fingerprint density at radius 1 is 0.880 bits per heavy atom. The summed E-state index contributed by atoms with van der Waals surface area (Å²) < 4.78 is 38.9. The molecule has 0 fully saturated rings. The lowest BCUT2D eigenvalue weighted by Crippen LogP contribution is -2.17. The minimum absolute atomic E-state index is 0.164. The first-order chi connectivity index (χ1) is 12.0. The van der Waals surface area contributed by atoms with Gasteiger partial charge in [-0.25, -0.2) is 8.42 Å². The lowest BCUT2D eigenvalue weighted by atomic mass is 10.1. The molecular formula is C18H14ClNO4S. The fraction of sp³-hybridized carbons (Fsp3) is 0.111. The topological polar surface area (TPSA) is 64.6 Å². The Hall–Kier alpha value is -2.44. The van der Waals surface area contributed by atoms with Crippen molar-refractivity contribution in [1.82, 2.24) is 0 Å². The Bertz CT molecular complexity index is 1070. The van der Waals surface area contributed by atoms with Crippen molar-refractivity contribution in [3.8, 4) is 11.5 Å². The molecule has 4 rings (SSSR count). The number of rotatable bonds is 3. The number of benzene rings is 3. The first kappa shape index (κ1) is 16.1. The van der Waals surface area contributed by atoms with Gasteiger partial charge < -0.3 is 9.47 Å². The van der Waals surface area contributed by atoms with Crippen LogP contribution in [0.4, 0.5) is 5.69 Å². The fourth-order valence-corrected chi connectivity index (χ4v) is 4.04. The maximum atomic E-state index is 12.7. The van der Waals surface area contributed by atoms with Crippen LogP contribution < -0.4 is 14.2 Å². The average Bonchev–Trinajstić information content (AvgIpc) is 2.62. The van der Waals surface area contributed by atoms with Gasteiger partial charge in [0.25, 0.3) is 10.0 Å². The number of sulfonamides is 1. The van der Waals surface area contributed by atoms with Crippen molar-refractivity contribution in [2.45, 2.75) is 4.90 Å². The molecule has 128 valence electrons. The van der Waals surface area contributed by atoms with Gasteiger partial charge in [-0.1, -0.05) is 41.9 Å². The summed E-state index contributed by atoms with van der Waals surface area (Å²) in [6, 6.07) is 15.6. The molecule has 1 aliphatic heterocycles. The smallest absolute Gasteiger partial charge is 0.261 e. The van der Waals surface area contributed by atoms with Crippen molar-refractivity contribution in [3.05, 3.63) is 59.6 Å². The standard InChI is InChI=1S/C18H14ClNO4S/c19-15-10-17-18(24-8-7-23-17)11-16(15)20-25(21,22)14-6-5-12-3-1-2-4-13(12)9-14/h1-6,9-11,20H,7-8H2. The van der Waals surface area contributed by atoms with Gasteiger partial charge >= 0.3 is 0 Å². The number of fused-ring (bicyclic) bond motifs is 2. The number of nitrogens with one attached hydrogen (secondary N) is 1. The molecule has 0 unspecified atom stereocenters. The van der Waals surface area contributed by atoms with Crippen molar-refractivity contribution in [2.75, 3.05) is 17.9 Å². The zero-order valence-corrected chi connectivity index (χ0v) is 14.6. The zero-order valence-electron chi connectivity index (χ0n) is 13.0. The highest BCUT2D eigenvalue weighted by Gasteiger charge is 2.20. The van der Waals surface area contributed by atoms with Crippen molar-refractivity contribution in [1.29, 1.82) is 0 Å². The van der Waals surface area contributed by atoms with Gasteiger partial charge in [0.05, 0.1) is 15.6 Å². The van der Waals surface area contributed by atoms with Crippen LogP contribution in [-0.2, 0) is 10.0 Å². The maximum Gasteiger partial charge on any atom is 0.261 e. The lowest BCUT2D eigenvalue weighted by Gasteiger charge is -2.20. The normalized spacial score (nSPS) is 13.6. The molecule has 7 heteroatoms. The van der Waals surface area contributed by atoms with E-state index in [1.54, 1.807) is 24.3 Å². The largest absolute Gasteiger partial charge is 0.486 e. The van der Waals surface area contributed by atoms with Crippen molar-refractivity contribution >= 4 is 38.1 Å². The molecule has 0 spiro atoms. The molecule has 0 radical (unpaired) electrons. The van der Waals surface area contributed by atoms with E-state index in [2.05, 4.69) is 4.72 Å². The molecule has 25 heavy (non-hydrogen) atoms. The van der Waals surface area contributed by atoms with E-state index in [0.717, 1.165) is 10.8 Å². The summed E-state index contributed by atoms with van der Waals surface area (Å²) in [4.78, 5) is 0.164. The summed E-state index contributed by atoms with van der Waals surface area (Å²) in [7, 11) is -3.78. The number of hydrogen-bond acceptors (Lipinski definition) is 4. The summed E-state index contributed by atoms with van der Waals surface area (Å²) in [6.07, 6.45) is 0. The van der Waals surface area contributed by atoms with Crippen LogP contribution in [0.25, 0.3) is 10.8 Å². The molecule has 3 aromatic carbocycles. The number of ether oxygens (including phenoxy) is 2. The summed E-state index contributed by atoms with van der Waals surface area (Å²) in [6.45, 7) is 0.844. The Labute approximate surface area is 150 Å². The molecular weight excluding hydrogens is 362 g/mol. The van der Waals surface area contributed by atoms with Crippen molar-refractivity contribution < 1.29 is 17.9 Å². The summed E-state index contributed by atoms with van der Waals surface area (Å²) in [5, 5.41) is 2.06. The first-order valence-electron chi connectivity index (χ1n) is 7.64.